The van der Waals surface area contributed by atoms with Crippen LogP contribution in [-0.4, -0.2) is 47.2 Å². The second-order valence-corrected chi connectivity index (χ2v) is 7.18. The van der Waals surface area contributed by atoms with Gasteiger partial charge in [-0.05, 0) is 44.2 Å². The number of carbonyl (C=O) groups excluding carboxylic acids is 2. The van der Waals surface area contributed by atoms with Gasteiger partial charge in [0, 0.05) is 18.1 Å². The summed E-state index contributed by atoms with van der Waals surface area (Å²) >= 11 is 0. The minimum Gasteiger partial charge on any atom is -0.497 e. The van der Waals surface area contributed by atoms with E-state index in [2.05, 4.69) is 10.4 Å². The summed E-state index contributed by atoms with van der Waals surface area (Å²) in [7, 11) is 3.09. The molecule has 0 aliphatic rings. The number of nitrogens with one attached hydrogen (secondary N) is 1. The summed E-state index contributed by atoms with van der Waals surface area (Å²) in [6, 6.07) is 13.5. The van der Waals surface area contributed by atoms with Gasteiger partial charge in [-0.1, -0.05) is 18.2 Å². The zero-order valence-electron chi connectivity index (χ0n) is 17.4. The predicted molar refractivity (Wildman–Crippen MR) is 115 cm³/mol. The topological polar surface area (TPSA) is 93.5 Å². The van der Waals surface area contributed by atoms with Crippen molar-refractivity contribution < 1.29 is 14.3 Å². The Morgan fingerprint density at radius 3 is 2.33 bits per heavy atom. The van der Waals surface area contributed by atoms with Crippen LogP contribution in [0.25, 0.3) is 10.8 Å². The maximum atomic E-state index is 13.1. The van der Waals surface area contributed by atoms with Crippen LogP contribution in [0.5, 0.6) is 5.75 Å². The molecule has 1 aromatic heterocycles. The number of likely N-dealkylation sites (N-methyl/N-ethyl adjacent to an activating group) is 1. The average molecular weight is 408 g/mol. The van der Waals surface area contributed by atoms with Gasteiger partial charge in [0.1, 0.15) is 5.75 Å². The molecule has 1 heterocycles. The molecule has 0 saturated carbocycles. The Bertz CT molecular complexity index is 1140. The van der Waals surface area contributed by atoms with Crippen molar-refractivity contribution in [2.75, 3.05) is 26.0 Å². The highest BCUT2D eigenvalue weighted by Crippen LogP contribution is 2.17. The Morgan fingerprint density at radius 2 is 1.73 bits per heavy atom. The predicted octanol–water partition coefficient (Wildman–Crippen LogP) is 2.70. The van der Waals surface area contributed by atoms with Crippen LogP contribution in [0.2, 0.25) is 0 Å². The van der Waals surface area contributed by atoms with Gasteiger partial charge < -0.3 is 15.0 Å². The number of fused-ring (bicyclic) bond motifs is 1. The molecule has 0 spiro atoms. The number of hydrogen-bond donors (Lipinski definition) is 1. The number of hydrogen-bond acceptors (Lipinski definition) is 5. The molecule has 2 aromatic carbocycles. The maximum Gasteiger partial charge on any atom is 0.275 e. The van der Waals surface area contributed by atoms with Crippen LogP contribution in [0, 0.1) is 0 Å². The lowest BCUT2D eigenvalue weighted by molar-refractivity contribution is -0.116. The molecule has 0 atom stereocenters. The molecule has 0 bridgehead atoms. The van der Waals surface area contributed by atoms with E-state index in [1.165, 1.54) is 16.6 Å². The van der Waals surface area contributed by atoms with Crippen LogP contribution in [0.3, 0.4) is 0 Å². The minimum atomic E-state index is -0.439. The van der Waals surface area contributed by atoms with Crippen LogP contribution >= 0.6 is 0 Å². The molecule has 0 aliphatic heterocycles. The van der Waals surface area contributed by atoms with Gasteiger partial charge in [0.15, 0.2) is 5.69 Å². The minimum absolute atomic E-state index is 0.138. The zero-order chi connectivity index (χ0) is 21.8. The second-order valence-electron chi connectivity index (χ2n) is 7.18. The Kier molecular flexibility index (Phi) is 6.15. The number of methoxy groups -OCH3 is 1. The summed E-state index contributed by atoms with van der Waals surface area (Å²) in [6.07, 6.45) is 0. The first-order valence-electron chi connectivity index (χ1n) is 9.52. The number of benzene rings is 2. The summed E-state index contributed by atoms with van der Waals surface area (Å²) in [6.45, 7) is 3.48. The maximum absolute atomic E-state index is 13.1. The van der Waals surface area contributed by atoms with Gasteiger partial charge in [-0.25, -0.2) is 4.68 Å². The second kappa shape index (κ2) is 8.77. The lowest BCUT2D eigenvalue weighted by atomic mass is 10.1. The number of ether oxygens (including phenoxy) is 1. The largest absolute Gasteiger partial charge is 0.497 e. The van der Waals surface area contributed by atoms with Crippen molar-refractivity contribution in [3.63, 3.8) is 0 Å². The van der Waals surface area contributed by atoms with E-state index < -0.39 is 5.91 Å². The molecule has 2 amide bonds. The molecule has 1 N–H and O–H groups in total. The molecule has 3 rings (SSSR count). The van der Waals surface area contributed by atoms with Gasteiger partial charge in [-0.15, -0.1) is 0 Å². The Hall–Kier alpha value is -3.68. The highest BCUT2D eigenvalue weighted by Gasteiger charge is 2.22. The number of aromatic nitrogens is 2. The van der Waals surface area contributed by atoms with Crippen LogP contribution in [0.1, 0.15) is 30.4 Å². The van der Waals surface area contributed by atoms with E-state index in [4.69, 9.17) is 4.74 Å². The molecule has 0 fully saturated rings. The number of nitrogens with zero attached hydrogens (tertiary/aromatic N) is 3. The van der Waals surface area contributed by atoms with Gasteiger partial charge in [0.2, 0.25) is 5.91 Å². The molecule has 0 aliphatic carbocycles. The van der Waals surface area contributed by atoms with E-state index in [0.29, 0.717) is 22.2 Å². The highest BCUT2D eigenvalue weighted by molar-refractivity contribution is 6.06. The summed E-state index contributed by atoms with van der Waals surface area (Å²) < 4.78 is 6.38. The van der Waals surface area contributed by atoms with E-state index in [1.807, 2.05) is 13.8 Å². The normalized spacial score (nSPS) is 10.8. The van der Waals surface area contributed by atoms with Gasteiger partial charge in [0.25, 0.3) is 11.5 Å². The monoisotopic (exact) mass is 408 g/mol. The van der Waals surface area contributed by atoms with Crippen LogP contribution in [0.4, 0.5) is 5.69 Å². The molecule has 8 heteroatoms. The van der Waals surface area contributed by atoms with Crippen molar-refractivity contribution in [2.45, 2.75) is 19.9 Å². The standard InChI is InChI=1S/C22H24N4O4/c1-14(2)26-21(28)18-8-6-5-7-17(18)20(24-26)22(29)25(3)13-19(27)23-15-9-11-16(30-4)12-10-15/h5-12,14H,13H2,1-4H3,(H,23,27). The van der Waals surface area contributed by atoms with Crippen LogP contribution < -0.4 is 15.6 Å². The molecule has 30 heavy (non-hydrogen) atoms. The SMILES string of the molecule is COc1ccc(NC(=O)CN(C)C(=O)c2nn(C(C)C)c(=O)c3ccccc23)cc1. The van der Waals surface area contributed by atoms with E-state index >= 15 is 0 Å². The molecular weight excluding hydrogens is 384 g/mol. The first-order chi connectivity index (χ1) is 14.3. The summed E-state index contributed by atoms with van der Waals surface area (Å²) in [5.41, 5.74) is 0.481. The highest BCUT2D eigenvalue weighted by atomic mass is 16.5. The van der Waals surface area contributed by atoms with Crippen molar-refractivity contribution in [3.05, 3.63) is 64.6 Å². The fourth-order valence-corrected chi connectivity index (χ4v) is 3.06. The third kappa shape index (κ3) is 4.32. The van der Waals surface area contributed by atoms with Crippen molar-refractivity contribution in [3.8, 4) is 5.75 Å². The molecule has 0 saturated heterocycles. The third-order valence-corrected chi connectivity index (χ3v) is 4.62. The summed E-state index contributed by atoms with van der Waals surface area (Å²) in [5, 5.41) is 7.92. The molecule has 3 aromatic rings. The van der Waals surface area contributed by atoms with Gasteiger partial charge in [-0.2, -0.15) is 5.10 Å². The lowest BCUT2D eigenvalue weighted by Gasteiger charge is -2.19. The summed E-state index contributed by atoms with van der Waals surface area (Å²) in [4.78, 5) is 39.4. The van der Waals surface area contributed by atoms with E-state index in [9.17, 15) is 14.4 Å². The molecule has 8 nitrogen and oxygen atoms in total. The average Bonchev–Trinajstić information content (AvgIpc) is 2.74. The first kappa shape index (κ1) is 21.0. The lowest BCUT2D eigenvalue weighted by Crippen LogP contribution is -2.37. The summed E-state index contributed by atoms with van der Waals surface area (Å²) in [5.74, 6) is -0.110. The number of rotatable bonds is 6. The van der Waals surface area contributed by atoms with Gasteiger partial charge in [0.05, 0.1) is 25.1 Å². The fourth-order valence-electron chi connectivity index (χ4n) is 3.06. The van der Waals surface area contributed by atoms with E-state index in [-0.39, 0.29) is 29.7 Å². The fraction of sp³-hybridized carbons (Fsp3) is 0.273. The Morgan fingerprint density at radius 1 is 1.10 bits per heavy atom. The quantitative estimate of drug-likeness (QED) is 0.677. The molecule has 0 radical (unpaired) electrons. The number of carbonyl (C=O) groups is 2. The van der Waals surface area contributed by atoms with Gasteiger partial charge >= 0.3 is 0 Å². The van der Waals surface area contributed by atoms with Crippen LogP contribution in [0.15, 0.2) is 53.3 Å². The Balaban J connectivity index is 1.83. The van der Waals surface area contributed by atoms with Crippen molar-refractivity contribution >= 4 is 28.3 Å². The molecule has 156 valence electrons. The van der Waals surface area contributed by atoms with E-state index in [0.717, 1.165) is 0 Å². The van der Waals surface area contributed by atoms with Crippen molar-refractivity contribution in [1.82, 2.24) is 14.7 Å². The number of anilines is 1. The van der Waals surface area contributed by atoms with Gasteiger partial charge in [-0.3, -0.25) is 14.4 Å². The Labute approximate surface area is 174 Å². The zero-order valence-corrected chi connectivity index (χ0v) is 17.4. The molecular formula is C22H24N4O4. The van der Waals surface area contributed by atoms with Crippen molar-refractivity contribution in [1.29, 1.82) is 0 Å². The van der Waals surface area contributed by atoms with Crippen LogP contribution in [-0.2, 0) is 4.79 Å². The smallest absolute Gasteiger partial charge is 0.275 e. The number of amides is 2. The van der Waals surface area contributed by atoms with Crippen molar-refractivity contribution in [2.24, 2.45) is 0 Å². The molecule has 0 unspecified atom stereocenters. The third-order valence-electron chi connectivity index (χ3n) is 4.62. The van der Waals surface area contributed by atoms with E-state index in [1.54, 1.807) is 55.6 Å². The first-order valence-corrected chi connectivity index (χ1v) is 9.52.